The van der Waals surface area contributed by atoms with Gasteiger partial charge in [0.25, 0.3) is 0 Å². The first-order valence-corrected chi connectivity index (χ1v) is 11.5. The SMILES string of the molecule is O=[P+]([O-])O[P+](=O)[O-].O=[P+]([O-])O[P+](=O)[O-].O=[P+]([O-])O[P+](=O)[O-].OCCCl.[U]. The average Bonchev–Trinajstić information content (AvgIpc) is 2.35. The maximum Gasteiger partial charge on any atom is 0.543 e. The van der Waals surface area contributed by atoms with Gasteiger partial charge >= 0.3 is 49.5 Å². The smallest absolute Gasteiger partial charge is 0.543 e. The van der Waals surface area contributed by atoms with Crippen molar-refractivity contribution in [1.29, 1.82) is 0 Å². The normalized spacial score (nSPS) is 12.0. The third-order valence-electron chi connectivity index (χ3n) is 0.485. The summed E-state index contributed by atoms with van der Waals surface area (Å²) < 4.78 is 64.9. The molecule has 0 aliphatic carbocycles. The molecule has 0 aromatic rings. The maximum atomic E-state index is 9.24. The van der Waals surface area contributed by atoms with E-state index in [9.17, 15) is 56.8 Å². The Morgan fingerprint density at radius 3 is 0.731 bits per heavy atom. The molecule has 24 heteroatoms. The summed E-state index contributed by atoms with van der Waals surface area (Å²) in [4.78, 5) is 55.4. The van der Waals surface area contributed by atoms with Crippen LogP contribution in [0.25, 0.3) is 0 Å². The van der Waals surface area contributed by atoms with Crippen molar-refractivity contribution >= 4 is 61.1 Å². The molecule has 0 aliphatic rings. The predicted molar refractivity (Wildman–Crippen MR) is 66.7 cm³/mol. The fourth-order valence-electron chi connectivity index (χ4n) is 0.163. The molecule has 0 radical (unpaired) electrons. The molecule has 0 saturated carbocycles. The van der Waals surface area contributed by atoms with Crippen LogP contribution in [-0.4, -0.2) is 17.6 Å². The Balaban J connectivity index is -0.0000000759. The van der Waals surface area contributed by atoms with E-state index in [1.165, 1.54) is 0 Å². The van der Waals surface area contributed by atoms with Gasteiger partial charge in [-0.1, -0.05) is 0 Å². The summed E-state index contributed by atoms with van der Waals surface area (Å²) in [6, 6.07) is 0. The van der Waals surface area contributed by atoms with E-state index in [4.69, 9.17) is 16.7 Å². The standard InChI is InChI=1S/C2H5ClO.3O5P2.U/c3-1-2-4;3*1-6(2)5-7(3)4;/h4H,1-2H2;;;;. The van der Waals surface area contributed by atoms with Gasteiger partial charge in [0.05, 0.1) is 6.61 Å². The Hall–Kier alpha value is 1.54. The van der Waals surface area contributed by atoms with E-state index >= 15 is 0 Å². The van der Waals surface area contributed by atoms with Crippen molar-refractivity contribution in [3.05, 3.63) is 0 Å². The second-order valence-electron chi connectivity index (χ2n) is 2.00. The van der Waals surface area contributed by atoms with Crippen molar-refractivity contribution in [3.63, 3.8) is 0 Å². The van der Waals surface area contributed by atoms with E-state index in [-0.39, 0.29) is 37.7 Å². The number of hydrogen-bond donors (Lipinski definition) is 1. The van der Waals surface area contributed by atoms with Crippen LogP contribution in [0.4, 0.5) is 0 Å². The van der Waals surface area contributed by atoms with Crippen molar-refractivity contribution in [2.24, 2.45) is 0 Å². The number of halogens is 1. The Bertz CT molecular complexity index is 356. The van der Waals surface area contributed by atoms with Crippen LogP contribution in [0.2, 0.25) is 0 Å². The summed E-state index contributed by atoms with van der Waals surface area (Å²) in [6.45, 7) is 0.0849. The van der Waals surface area contributed by atoms with E-state index in [1.807, 2.05) is 0 Å². The van der Waals surface area contributed by atoms with Gasteiger partial charge in [-0.25, -0.2) is 0 Å². The van der Waals surface area contributed by atoms with Crippen LogP contribution in [0.3, 0.4) is 0 Å². The number of aliphatic hydroxyl groups is 1. The molecule has 1 N–H and O–H groups in total. The molecule has 6 atom stereocenters. The summed E-state index contributed by atoms with van der Waals surface area (Å²) in [6.07, 6.45) is 0. The second kappa shape index (κ2) is 28.7. The number of aliphatic hydroxyl groups excluding tert-OH is 1. The van der Waals surface area contributed by atoms with E-state index in [1.54, 1.807) is 0 Å². The maximum absolute atomic E-state index is 9.24. The van der Waals surface area contributed by atoms with Crippen molar-refractivity contribution < 1.29 is 106 Å². The van der Waals surface area contributed by atoms with Crippen molar-refractivity contribution in [1.82, 2.24) is 0 Å². The fraction of sp³-hybridized carbons (Fsp3) is 1.00. The molecule has 0 saturated heterocycles. The molecule has 0 amide bonds. The minimum atomic E-state index is -3.24. The molecule has 0 bridgehead atoms. The van der Waals surface area contributed by atoms with E-state index in [2.05, 4.69) is 12.9 Å². The van der Waals surface area contributed by atoms with E-state index in [0.29, 0.717) is 5.88 Å². The van der Waals surface area contributed by atoms with Gasteiger partial charge in [0.1, 0.15) is 12.9 Å². The third kappa shape index (κ3) is 72.7. The van der Waals surface area contributed by atoms with Crippen LogP contribution in [0.5, 0.6) is 0 Å². The van der Waals surface area contributed by atoms with Crippen LogP contribution in [0.15, 0.2) is 0 Å². The quantitative estimate of drug-likeness (QED) is 0.205. The summed E-state index contributed by atoms with van der Waals surface area (Å²) in [5.74, 6) is 0.347. The first-order valence-electron chi connectivity index (χ1n) is 4.37. The molecule has 26 heavy (non-hydrogen) atoms. The van der Waals surface area contributed by atoms with Crippen LogP contribution >= 0.6 is 61.1 Å². The van der Waals surface area contributed by atoms with Gasteiger partial charge in [0.15, 0.2) is 0 Å². The minimum Gasteiger partial charge on any atom is -0.563 e. The van der Waals surface area contributed by atoms with Gasteiger partial charge in [-0.3, -0.25) is 0 Å². The molecule has 0 aromatic heterocycles. The molecule has 0 aromatic carbocycles. The monoisotopic (exact) mass is 744 g/mol. The zero-order chi connectivity index (χ0) is 21.0. The summed E-state index contributed by atoms with van der Waals surface area (Å²) in [7, 11) is -19.4. The molecule has 0 aliphatic heterocycles. The number of alkyl halides is 1. The Morgan fingerprint density at radius 1 is 0.615 bits per heavy atom. The molecule has 16 nitrogen and oxygen atoms in total. The summed E-state index contributed by atoms with van der Waals surface area (Å²) in [5.41, 5.74) is 0. The fourth-order valence-corrected chi connectivity index (χ4v) is 1.47. The van der Waals surface area contributed by atoms with Gasteiger partial charge in [-0.05, 0) is 27.4 Å². The molecule has 6 unspecified atom stereocenters. The van der Waals surface area contributed by atoms with Crippen LogP contribution < -0.4 is 29.4 Å². The van der Waals surface area contributed by atoms with Gasteiger partial charge in [-0.15, -0.1) is 11.6 Å². The molecule has 0 heterocycles. The van der Waals surface area contributed by atoms with Crippen LogP contribution in [-0.2, 0) is 40.3 Å². The van der Waals surface area contributed by atoms with E-state index < -0.39 is 49.5 Å². The van der Waals surface area contributed by atoms with Crippen molar-refractivity contribution in [2.45, 2.75) is 0 Å². The predicted octanol–water partition coefficient (Wildman–Crippen LogP) is -2.67. The van der Waals surface area contributed by atoms with Crippen molar-refractivity contribution in [2.75, 3.05) is 12.5 Å². The molecule has 0 spiro atoms. The largest absolute Gasteiger partial charge is 0.563 e. The average molecular weight is 744 g/mol. The Morgan fingerprint density at radius 2 is 0.731 bits per heavy atom. The zero-order valence-corrected chi connectivity index (χ0v) is 21.8. The van der Waals surface area contributed by atoms with Crippen LogP contribution in [0, 0.1) is 31.1 Å². The Kier molecular flexibility index (Phi) is 42.2. The van der Waals surface area contributed by atoms with Gasteiger partial charge in [0.2, 0.25) is 0 Å². The number of hydrogen-bond acceptors (Lipinski definition) is 16. The molecular weight excluding hydrogens is 739 g/mol. The van der Waals surface area contributed by atoms with Gasteiger partial charge in [-0.2, -0.15) is 0 Å². The zero-order valence-electron chi connectivity index (χ0n) is 11.5. The van der Waals surface area contributed by atoms with Crippen LogP contribution in [0.1, 0.15) is 0 Å². The van der Waals surface area contributed by atoms with Crippen molar-refractivity contribution in [3.8, 4) is 0 Å². The molecular formula is C2H5ClO16P6U. The van der Waals surface area contributed by atoms with Gasteiger partial charge in [0, 0.05) is 37.0 Å². The number of rotatable bonds is 7. The third-order valence-corrected chi connectivity index (χ3v) is 3.85. The molecule has 0 fully saturated rings. The van der Waals surface area contributed by atoms with E-state index in [0.717, 1.165) is 0 Å². The minimum absolute atomic E-state index is 0. The van der Waals surface area contributed by atoms with Gasteiger partial charge < -0.3 is 34.5 Å². The first kappa shape index (κ1) is 38.2. The Labute approximate surface area is 178 Å². The molecule has 0 rings (SSSR count). The summed E-state index contributed by atoms with van der Waals surface area (Å²) in [5, 5.41) is 7.74. The first-order chi connectivity index (χ1) is 11.3. The molecule has 150 valence electrons. The summed E-state index contributed by atoms with van der Waals surface area (Å²) >= 11 is 4.94. The topological polar surface area (TPSA) is 289 Å². The second-order valence-corrected chi connectivity index (χ2v) is 7.02.